The van der Waals surface area contributed by atoms with Crippen LogP contribution in [0, 0.1) is 11.3 Å². The minimum atomic E-state index is -3.11. The van der Waals surface area contributed by atoms with Gasteiger partial charge >= 0.3 is 6.61 Å². The number of nitrogens with zero attached hydrogens (tertiary/aromatic N) is 4. The molecular weight excluding hydrogens is 482 g/mol. The van der Waals surface area contributed by atoms with Crippen LogP contribution in [0.2, 0.25) is 0 Å². The van der Waals surface area contributed by atoms with E-state index in [1.165, 1.54) is 13.2 Å². The fourth-order valence-electron chi connectivity index (χ4n) is 4.42. The monoisotopic (exact) mass is 512 g/mol. The SMILES string of the molecule is COc1cc(-c2cnc3cc(C(C)(C)C#N)ccn23)cc(OC(F)F)c1C(=O)CCCN1CCOCC1. The number of nitriles is 1. The van der Waals surface area contributed by atoms with Gasteiger partial charge in [0.1, 0.15) is 22.7 Å². The van der Waals surface area contributed by atoms with Gasteiger partial charge in [0.05, 0.1) is 43.7 Å². The molecule has 0 bridgehead atoms. The molecule has 1 aliphatic rings. The van der Waals surface area contributed by atoms with Crippen molar-refractivity contribution in [2.75, 3.05) is 40.0 Å². The predicted octanol–water partition coefficient (Wildman–Crippen LogP) is 4.71. The van der Waals surface area contributed by atoms with E-state index >= 15 is 0 Å². The van der Waals surface area contributed by atoms with Gasteiger partial charge < -0.3 is 14.2 Å². The van der Waals surface area contributed by atoms with Crippen LogP contribution in [0.15, 0.2) is 36.7 Å². The van der Waals surface area contributed by atoms with Crippen LogP contribution in [0.1, 0.15) is 42.6 Å². The van der Waals surface area contributed by atoms with Crippen molar-refractivity contribution in [1.82, 2.24) is 14.3 Å². The van der Waals surface area contributed by atoms with Crippen molar-refractivity contribution in [2.24, 2.45) is 0 Å². The zero-order chi connectivity index (χ0) is 26.6. The largest absolute Gasteiger partial charge is 0.496 e. The second kappa shape index (κ2) is 11.2. The first-order valence-corrected chi connectivity index (χ1v) is 12.1. The van der Waals surface area contributed by atoms with Gasteiger partial charge in [0.15, 0.2) is 5.78 Å². The number of carbonyl (C=O) groups is 1. The van der Waals surface area contributed by atoms with E-state index in [1.54, 1.807) is 22.9 Å². The van der Waals surface area contributed by atoms with Gasteiger partial charge in [-0.25, -0.2) is 4.98 Å². The number of benzene rings is 1. The Morgan fingerprint density at radius 2 is 1.97 bits per heavy atom. The molecule has 1 aromatic carbocycles. The van der Waals surface area contributed by atoms with Gasteiger partial charge in [0, 0.05) is 31.3 Å². The Bertz CT molecular complexity index is 1310. The van der Waals surface area contributed by atoms with E-state index in [1.807, 2.05) is 26.0 Å². The summed E-state index contributed by atoms with van der Waals surface area (Å²) in [5.74, 6) is -0.409. The van der Waals surface area contributed by atoms with Gasteiger partial charge in [0.2, 0.25) is 0 Å². The van der Waals surface area contributed by atoms with Crippen molar-refractivity contribution in [1.29, 1.82) is 5.26 Å². The summed E-state index contributed by atoms with van der Waals surface area (Å²) in [7, 11) is 1.39. The van der Waals surface area contributed by atoms with Gasteiger partial charge in [-0.3, -0.25) is 14.1 Å². The lowest BCUT2D eigenvalue weighted by molar-refractivity contribution is -0.0502. The summed E-state index contributed by atoms with van der Waals surface area (Å²) < 4.78 is 44.2. The topological polar surface area (TPSA) is 89.1 Å². The molecule has 3 aromatic rings. The highest BCUT2D eigenvalue weighted by Gasteiger charge is 2.25. The Balaban J connectivity index is 1.66. The number of hydrogen-bond acceptors (Lipinski definition) is 7. The normalized spacial score (nSPS) is 14.6. The Morgan fingerprint density at radius 1 is 1.24 bits per heavy atom. The molecule has 2 aromatic heterocycles. The molecule has 0 atom stereocenters. The fraction of sp³-hybridized carbons (Fsp3) is 0.444. The summed E-state index contributed by atoms with van der Waals surface area (Å²) >= 11 is 0. The molecule has 1 fully saturated rings. The molecule has 10 heteroatoms. The minimum absolute atomic E-state index is 0.000374. The number of aromatic nitrogens is 2. The number of alkyl halides is 2. The minimum Gasteiger partial charge on any atom is -0.496 e. The van der Waals surface area contributed by atoms with E-state index in [2.05, 4.69) is 16.0 Å². The summed E-state index contributed by atoms with van der Waals surface area (Å²) in [4.78, 5) is 19.8. The standard InChI is InChI=1S/C27H30F2N4O4/c1-27(2,17-30)19-6-8-33-20(16-31-24(33)15-19)18-13-22(35-3)25(23(14-18)37-26(28)29)21(34)5-4-7-32-9-11-36-12-10-32/h6,8,13-16,26H,4-5,7,9-12H2,1-3H3. The number of halogens is 2. The van der Waals surface area contributed by atoms with Gasteiger partial charge in [-0.05, 0) is 56.6 Å². The quantitative estimate of drug-likeness (QED) is 0.364. The molecule has 1 saturated heterocycles. The Kier molecular flexibility index (Phi) is 8.05. The van der Waals surface area contributed by atoms with Gasteiger partial charge in [-0.15, -0.1) is 0 Å². The smallest absolute Gasteiger partial charge is 0.387 e. The molecular formula is C27H30F2N4O4. The third kappa shape index (κ3) is 5.89. The molecule has 0 N–H and O–H groups in total. The molecule has 37 heavy (non-hydrogen) atoms. The number of methoxy groups -OCH3 is 1. The highest BCUT2D eigenvalue weighted by molar-refractivity contribution is 6.02. The number of fused-ring (bicyclic) bond motifs is 1. The number of imidazole rings is 1. The molecule has 8 nitrogen and oxygen atoms in total. The Morgan fingerprint density at radius 3 is 2.65 bits per heavy atom. The van der Waals surface area contributed by atoms with E-state index in [9.17, 15) is 18.8 Å². The summed E-state index contributed by atoms with van der Waals surface area (Å²) in [6.45, 7) is 4.18. The van der Waals surface area contributed by atoms with Crippen LogP contribution in [-0.4, -0.2) is 66.6 Å². The fourth-order valence-corrected chi connectivity index (χ4v) is 4.42. The van der Waals surface area contributed by atoms with E-state index < -0.39 is 12.0 Å². The van der Waals surface area contributed by atoms with E-state index in [0.717, 1.165) is 18.7 Å². The van der Waals surface area contributed by atoms with Crippen LogP contribution in [0.5, 0.6) is 11.5 Å². The van der Waals surface area contributed by atoms with Gasteiger partial charge in [-0.2, -0.15) is 14.0 Å². The maximum atomic E-state index is 13.4. The first kappa shape index (κ1) is 26.5. The first-order chi connectivity index (χ1) is 17.7. The zero-order valence-electron chi connectivity index (χ0n) is 21.2. The molecule has 4 rings (SSSR count). The summed E-state index contributed by atoms with van der Waals surface area (Å²) in [5.41, 5.74) is 1.79. The molecule has 1 aliphatic heterocycles. The van der Waals surface area contributed by atoms with Gasteiger partial charge in [-0.1, -0.05) is 0 Å². The second-order valence-electron chi connectivity index (χ2n) is 9.43. The number of hydrogen-bond donors (Lipinski definition) is 0. The average molecular weight is 513 g/mol. The lowest BCUT2D eigenvalue weighted by Crippen LogP contribution is -2.36. The molecule has 0 radical (unpaired) electrons. The maximum absolute atomic E-state index is 13.4. The maximum Gasteiger partial charge on any atom is 0.387 e. The lowest BCUT2D eigenvalue weighted by atomic mass is 9.87. The molecule has 0 spiro atoms. The molecule has 3 heterocycles. The van der Waals surface area contributed by atoms with Crippen LogP contribution in [-0.2, 0) is 10.2 Å². The molecule has 0 amide bonds. The Labute approximate surface area is 214 Å². The number of carbonyl (C=O) groups excluding carboxylic acids is 1. The number of rotatable bonds is 10. The first-order valence-electron chi connectivity index (χ1n) is 12.1. The number of pyridine rings is 1. The summed E-state index contributed by atoms with van der Waals surface area (Å²) in [6.07, 6.45) is 4.12. The molecule has 0 saturated carbocycles. The highest BCUT2D eigenvalue weighted by Crippen LogP contribution is 2.37. The third-order valence-corrected chi connectivity index (χ3v) is 6.57. The van der Waals surface area contributed by atoms with Crippen molar-refractivity contribution in [2.45, 2.75) is 38.7 Å². The van der Waals surface area contributed by atoms with Crippen molar-refractivity contribution in [3.63, 3.8) is 0 Å². The van der Waals surface area contributed by atoms with Crippen molar-refractivity contribution in [3.05, 3.63) is 47.8 Å². The Hall–Kier alpha value is -3.55. The number of Topliss-reactive ketones (excluding diaryl/α,β-unsaturated/α-hetero) is 1. The third-order valence-electron chi connectivity index (χ3n) is 6.57. The number of ketones is 1. The van der Waals surface area contributed by atoms with Crippen LogP contribution < -0.4 is 9.47 Å². The number of morpholine rings is 1. The van der Waals surface area contributed by atoms with Crippen molar-refractivity contribution in [3.8, 4) is 28.8 Å². The molecule has 196 valence electrons. The second-order valence-corrected chi connectivity index (χ2v) is 9.43. The van der Waals surface area contributed by atoms with Crippen LogP contribution in [0.4, 0.5) is 8.78 Å². The summed E-state index contributed by atoms with van der Waals surface area (Å²) in [5, 5.41) is 9.45. The van der Waals surface area contributed by atoms with Crippen molar-refractivity contribution < 1.29 is 27.8 Å². The summed E-state index contributed by atoms with van der Waals surface area (Å²) in [6, 6.07) is 8.95. The van der Waals surface area contributed by atoms with Crippen molar-refractivity contribution >= 4 is 11.4 Å². The van der Waals surface area contributed by atoms with Crippen LogP contribution >= 0.6 is 0 Å². The van der Waals surface area contributed by atoms with Gasteiger partial charge in [0.25, 0.3) is 0 Å². The van der Waals surface area contributed by atoms with E-state index in [-0.39, 0.29) is 29.3 Å². The van der Waals surface area contributed by atoms with Crippen LogP contribution in [0.25, 0.3) is 16.9 Å². The number of ether oxygens (including phenoxy) is 3. The molecule has 0 aliphatic carbocycles. The van der Waals surface area contributed by atoms with E-state index in [0.29, 0.717) is 43.1 Å². The highest BCUT2D eigenvalue weighted by atomic mass is 19.3. The zero-order valence-corrected chi connectivity index (χ0v) is 21.2. The van der Waals surface area contributed by atoms with Crippen LogP contribution in [0.3, 0.4) is 0 Å². The lowest BCUT2D eigenvalue weighted by Gasteiger charge is -2.26. The predicted molar refractivity (Wildman–Crippen MR) is 133 cm³/mol. The molecule has 0 unspecified atom stereocenters. The van der Waals surface area contributed by atoms with E-state index in [4.69, 9.17) is 14.2 Å². The average Bonchev–Trinajstić information content (AvgIpc) is 3.32.